The number of H-pyrrole nitrogens is 1. The Balaban J connectivity index is 1.80. The van der Waals surface area contributed by atoms with Gasteiger partial charge in [-0.2, -0.15) is 0 Å². The molecule has 4 nitrogen and oxygen atoms in total. The van der Waals surface area contributed by atoms with Crippen LogP contribution in [0.2, 0.25) is 0 Å². The van der Waals surface area contributed by atoms with Gasteiger partial charge in [-0.3, -0.25) is 9.59 Å². The third-order valence-electron chi connectivity index (χ3n) is 3.49. The summed E-state index contributed by atoms with van der Waals surface area (Å²) >= 11 is 0. The lowest BCUT2D eigenvalue weighted by molar-refractivity contribution is 0.0950. The second kappa shape index (κ2) is 5.33. The van der Waals surface area contributed by atoms with E-state index in [1.54, 1.807) is 12.1 Å². The summed E-state index contributed by atoms with van der Waals surface area (Å²) in [5.41, 5.74) is 1.47. The van der Waals surface area contributed by atoms with Crippen molar-refractivity contribution in [3.05, 3.63) is 58.4 Å². The van der Waals surface area contributed by atoms with Crippen LogP contribution in [-0.4, -0.2) is 17.4 Å². The van der Waals surface area contributed by atoms with Crippen molar-refractivity contribution in [3.8, 4) is 11.3 Å². The van der Waals surface area contributed by atoms with Crippen LogP contribution in [0, 0.1) is 5.92 Å². The van der Waals surface area contributed by atoms with Gasteiger partial charge in [0, 0.05) is 12.2 Å². The van der Waals surface area contributed by atoms with Crippen molar-refractivity contribution in [3.63, 3.8) is 0 Å². The van der Waals surface area contributed by atoms with Crippen molar-refractivity contribution in [2.75, 3.05) is 6.54 Å². The second-order valence-corrected chi connectivity index (χ2v) is 5.13. The molecule has 1 aliphatic carbocycles. The fraction of sp³-hybridized carbons (Fsp3) is 0.250. The predicted molar refractivity (Wildman–Crippen MR) is 77.6 cm³/mol. The molecule has 0 aliphatic heterocycles. The largest absolute Gasteiger partial charge is 0.352 e. The van der Waals surface area contributed by atoms with Crippen molar-refractivity contribution < 1.29 is 4.79 Å². The molecule has 1 fully saturated rings. The summed E-state index contributed by atoms with van der Waals surface area (Å²) in [5, 5.41) is 2.80. The average Bonchev–Trinajstić information content (AvgIpc) is 3.30. The van der Waals surface area contributed by atoms with Crippen LogP contribution in [0.3, 0.4) is 0 Å². The van der Waals surface area contributed by atoms with Gasteiger partial charge in [-0.25, -0.2) is 0 Å². The fourth-order valence-electron chi connectivity index (χ4n) is 2.09. The number of hydrogen-bond acceptors (Lipinski definition) is 2. The van der Waals surface area contributed by atoms with Crippen molar-refractivity contribution in [2.24, 2.45) is 5.92 Å². The lowest BCUT2D eigenvalue weighted by Crippen LogP contribution is -2.31. The summed E-state index contributed by atoms with van der Waals surface area (Å²) < 4.78 is 0. The molecule has 0 bridgehead atoms. The molecule has 2 aromatic rings. The predicted octanol–water partition coefficient (Wildman–Crippen LogP) is 2.18. The zero-order valence-electron chi connectivity index (χ0n) is 11.1. The topological polar surface area (TPSA) is 62.0 Å². The highest BCUT2D eigenvalue weighted by molar-refractivity contribution is 5.94. The minimum absolute atomic E-state index is 0.172. The molecule has 0 unspecified atom stereocenters. The number of hydrogen-bond donors (Lipinski definition) is 2. The maximum atomic E-state index is 12.0. The monoisotopic (exact) mass is 268 g/mol. The van der Waals surface area contributed by atoms with E-state index in [0.717, 1.165) is 5.56 Å². The highest BCUT2D eigenvalue weighted by Gasteiger charge is 2.22. The Hall–Kier alpha value is -2.36. The van der Waals surface area contributed by atoms with Crippen LogP contribution in [-0.2, 0) is 0 Å². The molecule has 0 atom stereocenters. The minimum atomic E-state index is -0.348. The number of carbonyl (C=O) groups excluding carboxylic acids is 1. The van der Waals surface area contributed by atoms with E-state index in [1.807, 2.05) is 30.3 Å². The quantitative estimate of drug-likeness (QED) is 0.892. The molecule has 1 aromatic heterocycles. The molecule has 102 valence electrons. The molecule has 0 spiro atoms. The van der Waals surface area contributed by atoms with Gasteiger partial charge in [-0.05, 0) is 36.5 Å². The van der Waals surface area contributed by atoms with Crippen LogP contribution < -0.4 is 10.9 Å². The van der Waals surface area contributed by atoms with Crippen molar-refractivity contribution in [1.29, 1.82) is 0 Å². The molecule has 1 heterocycles. The van der Waals surface area contributed by atoms with Gasteiger partial charge in [0.2, 0.25) is 0 Å². The molecule has 1 aromatic carbocycles. The molecular formula is C16H16N2O2. The van der Waals surface area contributed by atoms with Crippen LogP contribution in [0.5, 0.6) is 0 Å². The van der Waals surface area contributed by atoms with Gasteiger partial charge in [0.05, 0.1) is 0 Å². The lowest BCUT2D eigenvalue weighted by Gasteiger charge is -2.05. The highest BCUT2D eigenvalue weighted by Crippen LogP contribution is 2.27. The molecular weight excluding hydrogens is 252 g/mol. The van der Waals surface area contributed by atoms with Gasteiger partial charge in [-0.1, -0.05) is 30.3 Å². The Labute approximate surface area is 116 Å². The normalized spacial score (nSPS) is 14.0. The molecule has 3 rings (SSSR count). The summed E-state index contributed by atoms with van der Waals surface area (Å²) in [7, 11) is 0. The molecule has 4 heteroatoms. The first-order valence-corrected chi connectivity index (χ1v) is 6.81. The van der Waals surface area contributed by atoms with E-state index in [2.05, 4.69) is 10.3 Å². The number of nitrogens with one attached hydrogen (secondary N) is 2. The number of aromatic nitrogens is 1. The summed E-state index contributed by atoms with van der Waals surface area (Å²) in [6.07, 6.45) is 2.34. The lowest BCUT2D eigenvalue weighted by atomic mass is 10.1. The van der Waals surface area contributed by atoms with Crippen molar-refractivity contribution >= 4 is 5.91 Å². The van der Waals surface area contributed by atoms with E-state index in [0.29, 0.717) is 18.2 Å². The number of pyridine rings is 1. The highest BCUT2D eigenvalue weighted by atomic mass is 16.2. The Morgan fingerprint density at radius 3 is 2.55 bits per heavy atom. The van der Waals surface area contributed by atoms with Crippen LogP contribution in [0.15, 0.2) is 47.3 Å². The first-order valence-electron chi connectivity index (χ1n) is 6.81. The Bertz CT molecular complexity index is 672. The van der Waals surface area contributed by atoms with Crippen LogP contribution in [0.4, 0.5) is 0 Å². The Morgan fingerprint density at radius 1 is 1.15 bits per heavy atom. The van der Waals surface area contributed by atoms with E-state index in [1.165, 1.54) is 12.8 Å². The maximum absolute atomic E-state index is 12.0. The minimum Gasteiger partial charge on any atom is -0.352 e. The molecule has 1 aliphatic rings. The van der Waals surface area contributed by atoms with E-state index < -0.39 is 0 Å². The molecule has 0 radical (unpaired) electrons. The Morgan fingerprint density at radius 2 is 1.90 bits per heavy atom. The average molecular weight is 268 g/mol. The van der Waals surface area contributed by atoms with E-state index in [4.69, 9.17) is 0 Å². The summed E-state index contributed by atoms with van der Waals surface area (Å²) in [5.74, 6) is 0.305. The zero-order chi connectivity index (χ0) is 13.9. The smallest absolute Gasteiger partial charge is 0.261 e. The Kier molecular flexibility index (Phi) is 3.37. The van der Waals surface area contributed by atoms with Crippen LogP contribution in [0.25, 0.3) is 11.3 Å². The van der Waals surface area contributed by atoms with Gasteiger partial charge in [0.15, 0.2) is 0 Å². The van der Waals surface area contributed by atoms with Gasteiger partial charge in [0.25, 0.3) is 11.5 Å². The molecule has 2 N–H and O–H groups in total. The van der Waals surface area contributed by atoms with Crippen molar-refractivity contribution in [1.82, 2.24) is 10.3 Å². The molecule has 0 saturated heterocycles. The maximum Gasteiger partial charge on any atom is 0.261 e. The second-order valence-electron chi connectivity index (χ2n) is 5.13. The zero-order valence-corrected chi connectivity index (χ0v) is 11.1. The molecule has 1 saturated carbocycles. The van der Waals surface area contributed by atoms with E-state index in [9.17, 15) is 9.59 Å². The van der Waals surface area contributed by atoms with Gasteiger partial charge < -0.3 is 10.3 Å². The van der Waals surface area contributed by atoms with Gasteiger partial charge in [-0.15, -0.1) is 0 Å². The molecule has 1 amide bonds. The summed E-state index contributed by atoms with van der Waals surface area (Å²) in [6.45, 7) is 0.665. The third-order valence-corrected chi connectivity index (χ3v) is 3.49. The van der Waals surface area contributed by atoms with Crippen LogP contribution >= 0.6 is 0 Å². The number of amides is 1. The number of aromatic amines is 1. The third kappa shape index (κ3) is 2.79. The van der Waals surface area contributed by atoms with Gasteiger partial charge in [0.1, 0.15) is 5.56 Å². The van der Waals surface area contributed by atoms with E-state index in [-0.39, 0.29) is 17.0 Å². The first kappa shape index (κ1) is 12.7. The van der Waals surface area contributed by atoms with Crippen LogP contribution in [0.1, 0.15) is 23.2 Å². The number of rotatable bonds is 4. The van der Waals surface area contributed by atoms with E-state index >= 15 is 0 Å². The molecule has 20 heavy (non-hydrogen) atoms. The first-order chi connectivity index (χ1) is 9.74. The number of benzene rings is 1. The van der Waals surface area contributed by atoms with Crippen molar-refractivity contribution in [2.45, 2.75) is 12.8 Å². The standard InChI is InChI=1S/C16H16N2O2/c19-15(17-10-11-6-7-11)13-8-9-14(18-16(13)20)12-4-2-1-3-5-12/h1-5,8-9,11H,6-7,10H2,(H,17,19)(H,18,20). The SMILES string of the molecule is O=C(NCC1CC1)c1ccc(-c2ccccc2)[nH]c1=O. The number of carbonyl (C=O) groups is 1. The summed E-state index contributed by atoms with van der Waals surface area (Å²) in [6, 6.07) is 12.9. The fourth-order valence-corrected chi connectivity index (χ4v) is 2.09. The van der Waals surface area contributed by atoms with Gasteiger partial charge >= 0.3 is 0 Å². The summed E-state index contributed by atoms with van der Waals surface area (Å²) in [4.78, 5) is 26.7.